The molecule has 1 rings (SSSR count). The van der Waals surface area contributed by atoms with E-state index < -0.39 is 0 Å². The van der Waals surface area contributed by atoms with Crippen LogP contribution in [-0.2, 0) is 4.94 Å². The summed E-state index contributed by atoms with van der Waals surface area (Å²) in [5.41, 5.74) is 6.07. The Balaban J connectivity index is 0.000000187. The molecule has 0 spiro atoms. The zero-order chi connectivity index (χ0) is 6.95. The summed E-state index contributed by atoms with van der Waals surface area (Å²) < 4.78 is 9.79. The predicted molar refractivity (Wildman–Crippen MR) is 33.4 cm³/mol. The van der Waals surface area contributed by atoms with Crippen LogP contribution >= 0.6 is 0 Å². The second-order valence-corrected chi connectivity index (χ2v) is 1.71. The molecule has 0 aliphatic carbocycles. The predicted octanol–water partition coefficient (Wildman–Crippen LogP) is 0.392. The molecule has 0 aromatic carbocycles. The average Bonchev–Trinajstić information content (AvgIpc) is 1.93. The van der Waals surface area contributed by atoms with E-state index in [9.17, 15) is 4.53 Å². The molecule has 0 unspecified atom stereocenters. The van der Waals surface area contributed by atoms with Gasteiger partial charge in [0.1, 0.15) is 0 Å². The van der Waals surface area contributed by atoms with Crippen LogP contribution in [0.25, 0.3) is 0 Å². The maximum atomic E-state index is 9.79. The monoisotopic (exact) mass is 136 g/mol. The van der Waals surface area contributed by atoms with E-state index in [0.717, 1.165) is 20.2 Å². The van der Waals surface area contributed by atoms with Gasteiger partial charge in [-0.25, -0.2) is 0 Å². The van der Waals surface area contributed by atoms with Gasteiger partial charge in [0.25, 0.3) is 0 Å². The van der Waals surface area contributed by atoms with Crippen LogP contribution in [-0.4, -0.2) is 20.2 Å². The molecular weight excluding hydrogens is 123 g/mol. The van der Waals surface area contributed by atoms with Crippen LogP contribution < -0.4 is 10.9 Å². The van der Waals surface area contributed by atoms with Crippen LogP contribution in [0, 0.1) is 0 Å². The second-order valence-electron chi connectivity index (χ2n) is 1.71. The van der Waals surface area contributed by atoms with Crippen molar-refractivity contribution < 1.29 is 9.47 Å². The van der Waals surface area contributed by atoms with Crippen molar-refractivity contribution in [2.75, 3.05) is 20.2 Å². The minimum absolute atomic E-state index is 0.958. The summed E-state index contributed by atoms with van der Waals surface area (Å²) >= 11 is 0. The molecule has 56 valence electrons. The molecule has 0 radical (unpaired) electrons. The van der Waals surface area contributed by atoms with Crippen molar-refractivity contribution in [1.29, 1.82) is 0 Å². The normalized spacial score (nSPS) is 18.0. The largest absolute Gasteiger partial charge is 0.258 e. The number of hydrogen-bond acceptors (Lipinski definition) is 3. The second kappa shape index (κ2) is 7.81. The van der Waals surface area contributed by atoms with E-state index >= 15 is 0 Å². The van der Waals surface area contributed by atoms with Gasteiger partial charge < -0.3 is 0 Å². The fraction of sp³-hybridized carbons (Fsp3) is 1.00. The number of hydrazine groups is 1. The fourth-order valence-corrected chi connectivity index (χ4v) is 0.604. The van der Waals surface area contributed by atoms with Gasteiger partial charge in [-0.2, -0.15) is 4.94 Å². The fourth-order valence-electron chi connectivity index (χ4n) is 0.604. The van der Waals surface area contributed by atoms with E-state index in [1.807, 2.05) is 0 Å². The summed E-state index contributed by atoms with van der Waals surface area (Å²) in [5, 5.41) is 0. The van der Waals surface area contributed by atoms with Gasteiger partial charge in [0, 0.05) is 13.1 Å². The number of hydrogen-bond donors (Lipinski definition) is 2. The molecule has 0 aromatic rings. The minimum Gasteiger partial charge on any atom is -0.258 e. The lowest BCUT2D eigenvalue weighted by molar-refractivity contribution is -0.0960. The lowest BCUT2D eigenvalue weighted by Gasteiger charge is -2.10. The zero-order valence-corrected chi connectivity index (χ0v) is 5.61. The van der Waals surface area contributed by atoms with E-state index in [1.54, 1.807) is 0 Å². The molecule has 1 heterocycles. The third-order valence-electron chi connectivity index (χ3n) is 0.979. The van der Waals surface area contributed by atoms with Crippen molar-refractivity contribution in [3.63, 3.8) is 0 Å². The van der Waals surface area contributed by atoms with Gasteiger partial charge in [0.2, 0.25) is 0 Å². The van der Waals surface area contributed by atoms with Gasteiger partial charge in [-0.05, 0) is 17.4 Å². The van der Waals surface area contributed by atoms with Crippen molar-refractivity contribution >= 4 is 0 Å². The highest BCUT2D eigenvalue weighted by molar-refractivity contribution is 4.51. The van der Waals surface area contributed by atoms with Crippen LogP contribution in [0.4, 0.5) is 4.53 Å². The SMILES string of the molecule is C1CCNNC1.COF. The zero-order valence-electron chi connectivity index (χ0n) is 5.61. The van der Waals surface area contributed by atoms with Crippen LogP contribution in [0.5, 0.6) is 0 Å². The van der Waals surface area contributed by atoms with Gasteiger partial charge in [0.15, 0.2) is 0 Å². The molecule has 3 nitrogen and oxygen atoms in total. The highest BCUT2D eigenvalue weighted by Crippen LogP contribution is 1.85. The van der Waals surface area contributed by atoms with Crippen LogP contribution in [0.2, 0.25) is 0 Å². The standard InChI is InChI=1S/C4H10N2.CH3FO/c1-2-4-6-5-3-1;1-3-2/h5-6H,1-4H2;1H3. The van der Waals surface area contributed by atoms with Crippen molar-refractivity contribution in [2.24, 2.45) is 0 Å². The van der Waals surface area contributed by atoms with E-state index in [1.165, 1.54) is 12.8 Å². The van der Waals surface area contributed by atoms with Crippen LogP contribution in [0.1, 0.15) is 12.8 Å². The molecule has 1 aliphatic heterocycles. The Hall–Kier alpha value is -0.190. The van der Waals surface area contributed by atoms with Gasteiger partial charge in [0.05, 0.1) is 7.11 Å². The molecule has 1 fully saturated rings. The van der Waals surface area contributed by atoms with Crippen LogP contribution in [0.3, 0.4) is 0 Å². The lowest BCUT2D eigenvalue weighted by atomic mass is 10.3. The molecule has 0 amide bonds. The summed E-state index contributed by atoms with van der Waals surface area (Å²) in [6.45, 7) is 2.28. The van der Waals surface area contributed by atoms with Crippen molar-refractivity contribution in [1.82, 2.24) is 10.9 Å². The van der Waals surface area contributed by atoms with E-state index in [0.29, 0.717) is 0 Å². The summed E-state index contributed by atoms with van der Waals surface area (Å²) in [6, 6.07) is 0. The lowest BCUT2D eigenvalue weighted by Crippen LogP contribution is -2.37. The number of rotatable bonds is 0. The Kier molecular flexibility index (Phi) is 7.65. The third-order valence-corrected chi connectivity index (χ3v) is 0.979. The maximum absolute atomic E-state index is 9.79. The van der Waals surface area contributed by atoms with Gasteiger partial charge in [-0.1, -0.05) is 0 Å². The Morgan fingerprint density at radius 2 is 1.56 bits per heavy atom. The number of nitrogens with one attached hydrogen (secondary N) is 2. The molecule has 0 aromatic heterocycles. The first-order valence-corrected chi connectivity index (χ1v) is 3.02. The number of halogens is 1. The molecular formula is C5H13FN2O. The highest BCUT2D eigenvalue weighted by atomic mass is 19.3. The Morgan fingerprint density at radius 1 is 1.22 bits per heavy atom. The van der Waals surface area contributed by atoms with E-state index in [2.05, 4.69) is 15.8 Å². The van der Waals surface area contributed by atoms with Crippen LogP contribution in [0.15, 0.2) is 0 Å². The Labute approximate surface area is 54.4 Å². The maximum Gasteiger partial charge on any atom is 0.0766 e. The average molecular weight is 136 g/mol. The minimum atomic E-state index is 0.958. The summed E-state index contributed by atoms with van der Waals surface area (Å²) in [7, 11) is 0.958. The molecule has 9 heavy (non-hydrogen) atoms. The molecule has 1 saturated heterocycles. The summed E-state index contributed by atoms with van der Waals surface area (Å²) in [5.74, 6) is 0. The Morgan fingerprint density at radius 3 is 1.67 bits per heavy atom. The molecule has 0 saturated carbocycles. The van der Waals surface area contributed by atoms with Gasteiger partial charge >= 0.3 is 0 Å². The molecule has 0 atom stereocenters. The smallest absolute Gasteiger partial charge is 0.0766 e. The van der Waals surface area contributed by atoms with Crippen molar-refractivity contribution in [3.8, 4) is 0 Å². The molecule has 0 bridgehead atoms. The van der Waals surface area contributed by atoms with Crippen molar-refractivity contribution in [2.45, 2.75) is 12.8 Å². The first-order chi connectivity index (χ1) is 4.41. The van der Waals surface area contributed by atoms with E-state index in [4.69, 9.17) is 0 Å². The highest BCUT2D eigenvalue weighted by Gasteiger charge is 1.92. The topological polar surface area (TPSA) is 33.3 Å². The Bertz CT molecular complexity index is 38.7. The first-order valence-electron chi connectivity index (χ1n) is 3.02. The van der Waals surface area contributed by atoms with Gasteiger partial charge in [-0.15, -0.1) is 0 Å². The van der Waals surface area contributed by atoms with Crippen molar-refractivity contribution in [3.05, 3.63) is 0 Å². The quantitative estimate of drug-likeness (QED) is 0.505. The summed E-state index contributed by atoms with van der Waals surface area (Å²) in [4.78, 5) is 2.75. The summed E-state index contributed by atoms with van der Waals surface area (Å²) in [6.07, 6.45) is 2.65. The molecule has 1 aliphatic rings. The molecule has 4 heteroatoms. The first kappa shape index (κ1) is 8.81. The third kappa shape index (κ3) is 7.81. The van der Waals surface area contributed by atoms with E-state index in [-0.39, 0.29) is 0 Å². The van der Waals surface area contributed by atoms with Gasteiger partial charge in [-0.3, -0.25) is 10.9 Å². The molecule has 2 N–H and O–H groups in total.